The molecule has 4 heteroatoms. The van der Waals surface area contributed by atoms with Crippen LogP contribution in [0.1, 0.15) is 22.8 Å². The molecule has 1 aromatic carbocycles. The molecule has 80 valence electrons. The minimum atomic E-state index is -0.444. The van der Waals surface area contributed by atoms with E-state index >= 15 is 0 Å². The van der Waals surface area contributed by atoms with Gasteiger partial charge in [0.2, 0.25) is 0 Å². The zero-order chi connectivity index (χ0) is 10.4. The third-order valence-corrected chi connectivity index (χ3v) is 4.28. The van der Waals surface area contributed by atoms with Crippen LogP contribution >= 0.6 is 23.4 Å². The molecule has 0 fully saturated rings. The van der Waals surface area contributed by atoms with Crippen LogP contribution in [0, 0.1) is 0 Å². The number of ether oxygens (including phenoxy) is 1. The quantitative estimate of drug-likeness (QED) is 0.758. The maximum atomic E-state index is 9.91. The van der Waals surface area contributed by atoms with Crippen molar-refractivity contribution in [3.8, 4) is 5.75 Å². The maximum Gasteiger partial charge on any atom is 0.127 e. The van der Waals surface area contributed by atoms with Crippen molar-refractivity contribution in [2.24, 2.45) is 0 Å². The SMILES string of the molecule is O[C@H]1CSCc2c3c(cc(Cl)c21)CCO3. The summed E-state index contributed by atoms with van der Waals surface area (Å²) in [6, 6.07) is 1.95. The van der Waals surface area contributed by atoms with Crippen LogP contribution in [0.2, 0.25) is 5.02 Å². The summed E-state index contributed by atoms with van der Waals surface area (Å²) in [4.78, 5) is 0. The first-order valence-corrected chi connectivity index (χ1v) is 6.53. The number of thioether (sulfide) groups is 1. The molecule has 0 saturated heterocycles. The first-order chi connectivity index (χ1) is 7.27. The molecule has 15 heavy (non-hydrogen) atoms. The van der Waals surface area contributed by atoms with Crippen LogP contribution < -0.4 is 4.74 Å². The molecular weight excluding hydrogens is 232 g/mol. The summed E-state index contributed by atoms with van der Waals surface area (Å²) in [7, 11) is 0. The molecule has 0 bridgehead atoms. The van der Waals surface area contributed by atoms with E-state index in [0.29, 0.717) is 5.02 Å². The fraction of sp³-hybridized carbons (Fsp3) is 0.455. The van der Waals surface area contributed by atoms with Crippen molar-refractivity contribution < 1.29 is 9.84 Å². The van der Waals surface area contributed by atoms with Gasteiger partial charge in [-0.3, -0.25) is 0 Å². The number of hydrogen-bond acceptors (Lipinski definition) is 3. The molecule has 0 aliphatic carbocycles. The summed E-state index contributed by atoms with van der Waals surface area (Å²) < 4.78 is 5.62. The first-order valence-electron chi connectivity index (χ1n) is 5.00. The molecule has 0 saturated carbocycles. The summed E-state index contributed by atoms with van der Waals surface area (Å²) in [6.07, 6.45) is 0.490. The molecule has 2 aliphatic rings. The van der Waals surface area contributed by atoms with Crippen molar-refractivity contribution in [2.75, 3.05) is 12.4 Å². The van der Waals surface area contributed by atoms with E-state index in [1.54, 1.807) is 11.8 Å². The Kier molecular flexibility index (Phi) is 2.34. The van der Waals surface area contributed by atoms with E-state index in [2.05, 4.69) is 0 Å². The van der Waals surface area contributed by atoms with Crippen LogP contribution in [-0.4, -0.2) is 17.5 Å². The number of hydrogen-bond donors (Lipinski definition) is 1. The van der Waals surface area contributed by atoms with E-state index in [0.717, 1.165) is 41.4 Å². The molecule has 1 aromatic rings. The third-order valence-electron chi connectivity index (χ3n) is 2.92. The highest BCUT2D eigenvalue weighted by Crippen LogP contribution is 2.44. The van der Waals surface area contributed by atoms with Gasteiger partial charge in [0.15, 0.2) is 0 Å². The molecule has 2 nitrogen and oxygen atoms in total. The second-order valence-electron chi connectivity index (χ2n) is 3.87. The second-order valence-corrected chi connectivity index (χ2v) is 5.31. The van der Waals surface area contributed by atoms with Gasteiger partial charge in [-0.25, -0.2) is 0 Å². The number of fused-ring (bicyclic) bond motifs is 3. The van der Waals surface area contributed by atoms with Crippen molar-refractivity contribution in [1.82, 2.24) is 0 Å². The van der Waals surface area contributed by atoms with Gasteiger partial charge in [0, 0.05) is 34.1 Å². The Hall–Kier alpha value is -0.380. The number of halogens is 1. The van der Waals surface area contributed by atoms with E-state index in [4.69, 9.17) is 16.3 Å². The van der Waals surface area contributed by atoms with Crippen molar-refractivity contribution >= 4 is 23.4 Å². The lowest BCUT2D eigenvalue weighted by Crippen LogP contribution is -2.11. The number of benzene rings is 1. The highest BCUT2D eigenvalue weighted by Gasteiger charge is 2.28. The highest BCUT2D eigenvalue weighted by molar-refractivity contribution is 7.98. The average Bonchev–Trinajstić information content (AvgIpc) is 2.65. The van der Waals surface area contributed by atoms with Crippen molar-refractivity contribution in [2.45, 2.75) is 18.3 Å². The number of rotatable bonds is 0. The molecule has 0 spiro atoms. The summed E-state index contributed by atoms with van der Waals surface area (Å²) in [5.41, 5.74) is 3.18. The molecule has 3 rings (SSSR count). The van der Waals surface area contributed by atoms with Crippen LogP contribution in [0.5, 0.6) is 5.75 Å². The Morgan fingerprint density at radius 1 is 1.53 bits per heavy atom. The number of aliphatic hydroxyl groups is 1. The molecule has 1 atom stereocenters. The average molecular weight is 243 g/mol. The zero-order valence-electron chi connectivity index (χ0n) is 8.12. The highest BCUT2D eigenvalue weighted by atomic mass is 35.5. The maximum absolute atomic E-state index is 9.91. The largest absolute Gasteiger partial charge is 0.493 e. The minimum absolute atomic E-state index is 0.444. The smallest absolute Gasteiger partial charge is 0.127 e. The lowest BCUT2D eigenvalue weighted by atomic mass is 9.99. The Morgan fingerprint density at radius 3 is 3.27 bits per heavy atom. The summed E-state index contributed by atoms with van der Waals surface area (Å²) >= 11 is 7.93. The van der Waals surface area contributed by atoms with E-state index < -0.39 is 6.10 Å². The van der Waals surface area contributed by atoms with Gasteiger partial charge in [-0.05, 0) is 11.6 Å². The predicted molar refractivity (Wildman–Crippen MR) is 61.8 cm³/mol. The fourth-order valence-electron chi connectivity index (χ4n) is 2.24. The van der Waals surface area contributed by atoms with Gasteiger partial charge >= 0.3 is 0 Å². The zero-order valence-corrected chi connectivity index (χ0v) is 9.70. The second kappa shape index (κ2) is 3.58. The normalized spacial score (nSPS) is 23.2. The summed E-state index contributed by atoms with van der Waals surface area (Å²) in [5, 5.41) is 10.6. The van der Waals surface area contributed by atoms with Gasteiger partial charge in [-0.2, -0.15) is 11.8 Å². The molecule has 1 N–H and O–H groups in total. The third kappa shape index (κ3) is 1.45. The fourth-order valence-corrected chi connectivity index (χ4v) is 3.61. The van der Waals surface area contributed by atoms with E-state index in [1.165, 1.54) is 5.56 Å². The molecule has 2 aliphatic heterocycles. The Labute approximate surface area is 97.6 Å². The monoisotopic (exact) mass is 242 g/mol. The molecule has 0 aromatic heterocycles. The Bertz CT molecular complexity index is 420. The van der Waals surface area contributed by atoms with Crippen LogP contribution in [0.15, 0.2) is 6.07 Å². The lowest BCUT2D eigenvalue weighted by Gasteiger charge is -2.24. The van der Waals surface area contributed by atoms with Gasteiger partial charge < -0.3 is 9.84 Å². The van der Waals surface area contributed by atoms with Gasteiger partial charge in [-0.1, -0.05) is 11.6 Å². The molecule has 2 heterocycles. The number of aliphatic hydroxyl groups excluding tert-OH is 1. The van der Waals surface area contributed by atoms with Crippen molar-refractivity contribution in [3.63, 3.8) is 0 Å². The van der Waals surface area contributed by atoms with Crippen molar-refractivity contribution in [3.05, 3.63) is 27.8 Å². The van der Waals surface area contributed by atoms with E-state index in [9.17, 15) is 5.11 Å². The summed E-state index contributed by atoms with van der Waals surface area (Å²) in [6.45, 7) is 0.739. The van der Waals surface area contributed by atoms with Crippen LogP contribution in [0.3, 0.4) is 0 Å². The topological polar surface area (TPSA) is 29.5 Å². The minimum Gasteiger partial charge on any atom is -0.493 e. The van der Waals surface area contributed by atoms with Gasteiger partial charge in [0.05, 0.1) is 12.7 Å². The van der Waals surface area contributed by atoms with E-state index in [1.807, 2.05) is 6.07 Å². The molecular formula is C11H11ClO2S. The van der Waals surface area contributed by atoms with Crippen LogP contribution in [0.4, 0.5) is 0 Å². The standard InChI is InChI=1S/C11H11ClO2S/c12-8-3-6-1-2-14-11(6)7-4-15-5-9(13)10(7)8/h3,9,13H,1-2,4-5H2/t9-/m0/s1. The van der Waals surface area contributed by atoms with Crippen molar-refractivity contribution in [1.29, 1.82) is 0 Å². The summed E-state index contributed by atoms with van der Waals surface area (Å²) in [5.74, 6) is 2.60. The van der Waals surface area contributed by atoms with Crippen LogP contribution in [0.25, 0.3) is 0 Å². The lowest BCUT2D eigenvalue weighted by molar-refractivity contribution is 0.201. The van der Waals surface area contributed by atoms with E-state index in [-0.39, 0.29) is 0 Å². The van der Waals surface area contributed by atoms with Gasteiger partial charge in [-0.15, -0.1) is 0 Å². The molecule has 0 radical (unpaired) electrons. The van der Waals surface area contributed by atoms with Gasteiger partial charge in [0.25, 0.3) is 0 Å². The Morgan fingerprint density at radius 2 is 2.40 bits per heavy atom. The Balaban J connectivity index is 2.24. The first kappa shape index (κ1) is 9.82. The molecule has 0 amide bonds. The predicted octanol–water partition coefficient (Wildman–Crippen LogP) is 2.56. The molecule has 0 unspecified atom stereocenters. The van der Waals surface area contributed by atoms with Crippen LogP contribution in [-0.2, 0) is 12.2 Å². The van der Waals surface area contributed by atoms with Gasteiger partial charge in [0.1, 0.15) is 5.75 Å².